The van der Waals surface area contributed by atoms with Gasteiger partial charge in [0, 0.05) is 60.0 Å². The van der Waals surface area contributed by atoms with Gasteiger partial charge in [0.2, 0.25) is 0 Å². The number of ketones is 2. The van der Waals surface area contributed by atoms with Crippen molar-refractivity contribution in [2.75, 3.05) is 29.5 Å². The monoisotopic (exact) mass is 954 g/mol. The van der Waals surface area contributed by atoms with Crippen LogP contribution >= 0.6 is 23.4 Å². The maximum Gasteiger partial charge on any atom is 0.390 e. The Bertz CT molecular complexity index is 2720. The van der Waals surface area contributed by atoms with Crippen molar-refractivity contribution < 1.29 is 35.9 Å². The number of carbonyl (C=O) groups is 2. The SMILES string of the molecule is Cc1cc(-c2cnc3c(NCCC(F)(F)F)cc(Cl)nn23)ccc1C(=O)CC1CC1.Cc1cc(-c2cnc3c(NCCC(F)(F)F)cc(SCCC(C)(C)C)nn23)ccc1C(=O)CC1CC1. The van der Waals surface area contributed by atoms with E-state index < -0.39 is 25.2 Å². The third-order valence-electron chi connectivity index (χ3n) is 11.4. The molecule has 0 radical (unpaired) electrons. The summed E-state index contributed by atoms with van der Waals surface area (Å²) in [5.41, 5.74) is 8.12. The number of nitrogens with zero attached hydrogens (tertiary/aromatic N) is 6. The number of aryl methyl sites for hydroxylation is 2. The van der Waals surface area contributed by atoms with Crippen molar-refractivity contribution in [1.82, 2.24) is 29.2 Å². The second kappa shape index (κ2) is 20.0. The van der Waals surface area contributed by atoms with Crippen molar-refractivity contribution in [3.05, 3.63) is 88.3 Å². The van der Waals surface area contributed by atoms with Gasteiger partial charge in [-0.05, 0) is 92.5 Å². The van der Waals surface area contributed by atoms with Crippen LogP contribution in [0.2, 0.25) is 5.15 Å². The molecule has 352 valence electrons. The van der Waals surface area contributed by atoms with Crippen molar-refractivity contribution in [2.24, 2.45) is 17.3 Å². The van der Waals surface area contributed by atoms with E-state index in [4.69, 9.17) is 16.7 Å². The van der Waals surface area contributed by atoms with Gasteiger partial charge in [0.25, 0.3) is 0 Å². The van der Waals surface area contributed by atoms with E-state index in [1.54, 1.807) is 34.7 Å². The molecule has 4 heterocycles. The highest BCUT2D eigenvalue weighted by atomic mass is 35.5. The number of hydrogen-bond donors (Lipinski definition) is 2. The summed E-state index contributed by atoms with van der Waals surface area (Å²) in [6.45, 7) is 9.79. The van der Waals surface area contributed by atoms with Gasteiger partial charge in [-0.25, -0.2) is 19.0 Å². The molecule has 2 saturated carbocycles. The Morgan fingerprint density at radius 3 is 1.56 bits per heavy atom. The molecule has 66 heavy (non-hydrogen) atoms. The normalized spacial score (nSPS) is 14.4. The zero-order valence-electron chi connectivity index (χ0n) is 37.5. The predicted molar refractivity (Wildman–Crippen MR) is 248 cm³/mol. The number of rotatable bonds is 17. The minimum Gasteiger partial charge on any atom is -0.382 e. The molecular formula is C48H53ClF6N8O2S. The van der Waals surface area contributed by atoms with Crippen molar-refractivity contribution in [2.45, 2.75) is 110 Å². The molecule has 0 bridgehead atoms. The van der Waals surface area contributed by atoms with Gasteiger partial charge in [-0.3, -0.25) is 9.59 Å². The molecule has 2 N–H and O–H groups in total. The van der Waals surface area contributed by atoms with Crippen LogP contribution in [0.15, 0.2) is 66.0 Å². The molecule has 0 unspecified atom stereocenters. The highest BCUT2D eigenvalue weighted by molar-refractivity contribution is 7.99. The number of Topliss-reactive ketones (excluding diaryl/α,β-unsaturated/α-hetero) is 2. The predicted octanol–water partition coefficient (Wildman–Crippen LogP) is 13.3. The second-order valence-electron chi connectivity index (χ2n) is 18.5. The van der Waals surface area contributed by atoms with Crippen LogP contribution in [-0.4, -0.2) is 72.0 Å². The maximum absolute atomic E-state index is 12.8. The van der Waals surface area contributed by atoms with E-state index in [9.17, 15) is 35.9 Å². The van der Waals surface area contributed by atoms with E-state index in [-0.39, 0.29) is 35.2 Å². The number of alkyl halides is 6. The Hall–Kier alpha value is -5.16. The summed E-state index contributed by atoms with van der Waals surface area (Å²) in [6, 6.07) is 14.5. The first-order valence-electron chi connectivity index (χ1n) is 22.1. The largest absolute Gasteiger partial charge is 0.390 e. The molecule has 0 amide bonds. The summed E-state index contributed by atoms with van der Waals surface area (Å²) >= 11 is 7.67. The minimum absolute atomic E-state index is 0.129. The summed E-state index contributed by atoms with van der Waals surface area (Å²) < 4.78 is 78.8. The molecule has 6 aromatic rings. The van der Waals surface area contributed by atoms with Crippen LogP contribution in [-0.2, 0) is 0 Å². The van der Waals surface area contributed by atoms with Crippen LogP contribution in [0.4, 0.5) is 37.7 Å². The zero-order chi connectivity index (χ0) is 47.6. The van der Waals surface area contributed by atoms with Crippen molar-refractivity contribution in [3.63, 3.8) is 0 Å². The third kappa shape index (κ3) is 13.3. The fraction of sp³-hybridized carbons (Fsp3) is 0.458. The van der Waals surface area contributed by atoms with Crippen LogP contribution in [0.5, 0.6) is 0 Å². The molecular weight excluding hydrogens is 902 g/mol. The van der Waals surface area contributed by atoms with E-state index >= 15 is 0 Å². The van der Waals surface area contributed by atoms with E-state index in [1.165, 1.54) is 10.6 Å². The van der Waals surface area contributed by atoms with Crippen LogP contribution in [0.1, 0.15) is 110 Å². The molecule has 18 heteroatoms. The topological polar surface area (TPSA) is 119 Å². The number of thioether (sulfide) groups is 1. The van der Waals surface area contributed by atoms with E-state index in [2.05, 4.69) is 46.5 Å². The number of carbonyl (C=O) groups excluding carboxylic acids is 2. The smallest absolute Gasteiger partial charge is 0.382 e. The lowest BCUT2D eigenvalue weighted by Crippen LogP contribution is -2.15. The van der Waals surface area contributed by atoms with Crippen LogP contribution in [0.3, 0.4) is 0 Å². The first-order valence-corrected chi connectivity index (χ1v) is 23.4. The molecule has 0 aliphatic heterocycles. The summed E-state index contributed by atoms with van der Waals surface area (Å²) in [5.74, 6) is 2.20. The minimum atomic E-state index is -4.25. The van der Waals surface area contributed by atoms with Gasteiger partial charge in [-0.15, -0.1) is 11.8 Å². The molecule has 8 rings (SSSR count). The van der Waals surface area contributed by atoms with Gasteiger partial charge in [0.15, 0.2) is 28.0 Å². The Morgan fingerprint density at radius 2 is 1.14 bits per heavy atom. The van der Waals surface area contributed by atoms with Gasteiger partial charge in [0.05, 0.1) is 48.0 Å². The number of halogens is 7. The van der Waals surface area contributed by atoms with E-state index in [1.807, 2.05) is 50.2 Å². The van der Waals surface area contributed by atoms with Gasteiger partial charge < -0.3 is 10.6 Å². The van der Waals surface area contributed by atoms with Gasteiger partial charge in [-0.2, -0.15) is 36.5 Å². The summed E-state index contributed by atoms with van der Waals surface area (Å²) in [6.07, 6.45) is -0.465. The van der Waals surface area contributed by atoms with Crippen molar-refractivity contribution in [3.8, 4) is 22.5 Å². The lowest BCUT2D eigenvalue weighted by atomic mass is 9.94. The Balaban J connectivity index is 0.000000199. The number of hydrogen-bond acceptors (Lipinski definition) is 9. The van der Waals surface area contributed by atoms with Gasteiger partial charge in [-0.1, -0.05) is 56.6 Å². The quantitative estimate of drug-likeness (QED) is 0.0523. The molecule has 2 aliphatic carbocycles. The Morgan fingerprint density at radius 1 is 0.682 bits per heavy atom. The number of aromatic nitrogens is 6. The average Bonchev–Trinajstić information content (AvgIpc) is 4.13. The van der Waals surface area contributed by atoms with Crippen LogP contribution in [0.25, 0.3) is 33.8 Å². The van der Waals surface area contributed by atoms with Crippen molar-refractivity contribution >= 4 is 57.6 Å². The maximum atomic E-state index is 12.8. The molecule has 0 saturated heterocycles. The van der Waals surface area contributed by atoms with Gasteiger partial charge >= 0.3 is 12.4 Å². The molecule has 2 aliphatic rings. The lowest BCUT2D eigenvalue weighted by molar-refractivity contribution is -0.132. The first kappa shape index (κ1) is 48.8. The second-order valence-corrected chi connectivity index (χ2v) is 20.0. The van der Waals surface area contributed by atoms with Gasteiger partial charge in [0.1, 0.15) is 5.03 Å². The molecule has 10 nitrogen and oxygen atoms in total. The third-order valence-corrected chi connectivity index (χ3v) is 12.5. The highest BCUT2D eigenvalue weighted by Gasteiger charge is 2.29. The van der Waals surface area contributed by atoms with Crippen LogP contribution in [0, 0.1) is 31.1 Å². The molecule has 0 spiro atoms. The number of fused-ring (bicyclic) bond motifs is 2. The average molecular weight is 956 g/mol. The van der Waals surface area contributed by atoms with E-state index in [0.29, 0.717) is 63.6 Å². The number of imidazole rings is 2. The number of benzene rings is 2. The zero-order valence-corrected chi connectivity index (χ0v) is 39.0. The Labute approximate surface area is 388 Å². The fourth-order valence-electron chi connectivity index (χ4n) is 7.41. The lowest BCUT2D eigenvalue weighted by Gasteiger charge is -2.17. The first-order chi connectivity index (χ1) is 31.1. The van der Waals surface area contributed by atoms with E-state index in [0.717, 1.165) is 71.4 Å². The standard InChI is InChI=1S/C27H33F3N4OS.C21H20ClF3N4O/c1-17-13-19(7-8-20(17)23(35)14-18-5-6-18)22-16-32-25-21(31-11-9-27(28,29)30)15-24(33-34(22)25)36-12-10-26(2,3)4;1-12-8-14(4-5-15(12)18(30)9-13-2-3-13)17-11-27-20-16(10-19(22)28-29(17)20)26-7-6-21(23,24)25/h7-8,13,15-16,18,31H,5-6,9-12,14H2,1-4H3;4-5,8,10-11,13,26H,2-3,6-7,9H2,1H3. The number of anilines is 2. The molecule has 4 aromatic heterocycles. The molecule has 2 aromatic carbocycles. The van der Waals surface area contributed by atoms with Crippen LogP contribution < -0.4 is 10.6 Å². The summed E-state index contributed by atoms with van der Waals surface area (Å²) in [5, 5.41) is 15.5. The number of nitrogens with one attached hydrogen (secondary N) is 2. The fourth-order valence-corrected chi connectivity index (χ4v) is 8.86. The molecule has 0 atom stereocenters. The summed E-state index contributed by atoms with van der Waals surface area (Å²) in [7, 11) is 0. The van der Waals surface area contributed by atoms with Crippen molar-refractivity contribution in [1.29, 1.82) is 0 Å². The highest BCUT2D eigenvalue weighted by Crippen LogP contribution is 2.37. The Kier molecular flexibility index (Phi) is 14.8. The molecule has 2 fully saturated rings. The summed E-state index contributed by atoms with van der Waals surface area (Å²) in [4.78, 5) is 33.9.